The van der Waals surface area contributed by atoms with Crippen LogP contribution >= 0.6 is 0 Å². The number of carbonyl (C=O) groups is 2. The first-order chi connectivity index (χ1) is 11.0. The molecule has 5 heteroatoms. The Labute approximate surface area is 138 Å². The van der Waals surface area contributed by atoms with Gasteiger partial charge >= 0.3 is 6.09 Å². The van der Waals surface area contributed by atoms with E-state index in [4.69, 9.17) is 0 Å². The molecule has 2 rings (SSSR count). The average molecular weight is 318 g/mol. The van der Waals surface area contributed by atoms with Crippen LogP contribution in [0.4, 0.5) is 4.79 Å². The molecule has 1 aromatic carbocycles. The highest BCUT2D eigenvalue weighted by molar-refractivity contribution is 5.78. The van der Waals surface area contributed by atoms with E-state index in [0.717, 1.165) is 25.8 Å². The second-order valence-electron chi connectivity index (χ2n) is 6.06. The standard InChI is InChI=1S/C18H26N2O3/c1-13-7-6-8-15(14(13)2)16-9-4-5-12-20(16)17(21)10-11-19-18(22)23-3/h6-8,16H,4-5,9-12H2,1-3H3,(H,19,22)/t16-/m0/s1. The maximum atomic E-state index is 12.6. The van der Waals surface area contributed by atoms with Gasteiger partial charge in [0, 0.05) is 19.5 Å². The third-order valence-corrected chi connectivity index (χ3v) is 4.62. The number of carbonyl (C=O) groups excluding carboxylic acids is 2. The van der Waals surface area contributed by atoms with Crippen LogP contribution in [0.1, 0.15) is 48.4 Å². The van der Waals surface area contributed by atoms with E-state index < -0.39 is 6.09 Å². The van der Waals surface area contributed by atoms with Crippen LogP contribution in [0.25, 0.3) is 0 Å². The summed E-state index contributed by atoms with van der Waals surface area (Å²) >= 11 is 0. The molecule has 1 saturated heterocycles. The molecule has 5 nitrogen and oxygen atoms in total. The van der Waals surface area contributed by atoms with Crippen LogP contribution in [0.15, 0.2) is 18.2 Å². The SMILES string of the molecule is COC(=O)NCCC(=O)N1CCCC[C@H]1c1cccc(C)c1C. The largest absolute Gasteiger partial charge is 0.453 e. The molecule has 1 aromatic rings. The van der Waals surface area contributed by atoms with Gasteiger partial charge in [-0.1, -0.05) is 18.2 Å². The molecule has 1 aliphatic heterocycles. The molecule has 1 atom stereocenters. The number of hydrogen-bond donors (Lipinski definition) is 1. The molecule has 0 spiro atoms. The van der Waals surface area contributed by atoms with E-state index in [2.05, 4.69) is 42.1 Å². The van der Waals surface area contributed by atoms with E-state index in [1.807, 2.05) is 4.90 Å². The fourth-order valence-corrected chi connectivity index (χ4v) is 3.18. The number of nitrogens with zero attached hydrogens (tertiary/aromatic N) is 1. The van der Waals surface area contributed by atoms with Gasteiger partial charge in [-0.2, -0.15) is 0 Å². The summed E-state index contributed by atoms with van der Waals surface area (Å²) in [6.07, 6.45) is 2.99. The van der Waals surface area contributed by atoms with E-state index in [-0.39, 0.29) is 11.9 Å². The topological polar surface area (TPSA) is 58.6 Å². The van der Waals surface area contributed by atoms with Gasteiger partial charge in [0.25, 0.3) is 0 Å². The molecule has 1 heterocycles. The highest BCUT2D eigenvalue weighted by Gasteiger charge is 2.28. The van der Waals surface area contributed by atoms with Crippen molar-refractivity contribution in [3.63, 3.8) is 0 Å². The smallest absolute Gasteiger partial charge is 0.406 e. The zero-order valence-corrected chi connectivity index (χ0v) is 14.2. The van der Waals surface area contributed by atoms with Gasteiger partial charge in [-0.05, 0) is 49.8 Å². The lowest BCUT2D eigenvalue weighted by Gasteiger charge is -2.37. The van der Waals surface area contributed by atoms with Gasteiger partial charge < -0.3 is 15.0 Å². The van der Waals surface area contributed by atoms with E-state index in [1.54, 1.807) is 0 Å². The third-order valence-electron chi connectivity index (χ3n) is 4.62. The molecule has 126 valence electrons. The second-order valence-corrected chi connectivity index (χ2v) is 6.06. The summed E-state index contributed by atoms with van der Waals surface area (Å²) in [5.41, 5.74) is 3.77. The minimum absolute atomic E-state index is 0.0898. The van der Waals surface area contributed by atoms with Crippen molar-refractivity contribution >= 4 is 12.0 Å². The summed E-state index contributed by atoms with van der Waals surface area (Å²) in [5, 5.41) is 2.57. The number of hydrogen-bond acceptors (Lipinski definition) is 3. The number of benzene rings is 1. The number of nitrogens with one attached hydrogen (secondary N) is 1. The van der Waals surface area contributed by atoms with Crippen LogP contribution < -0.4 is 5.32 Å². The summed E-state index contributed by atoms with van der Waals surface area (Å²) < 4.78 is 4.52. The molecule has 0 saturated carbocycles. The van der Waals surface area contributed by atoms with Crippen LogP contribution in [-0.4, -0.2) is 37.1 Å². The lowest BCUT2D eigenvalue weighted by atomic mass is 9.90. The molecule has 1 fully saturated rings. The molecule has 0 aliphatic carbocycles. The Morgan fingerprint density at radius 2 is 2.09 bits per heavy atom. The normalized spacial score (nSPS) is 17.7. The van der Waals surface area contributed by atoms with Crippen LogP contribution in [0.3, 0.4) is 0 Å². The van der Waals surface area contributed by atoms with Crippen LogP contribution in [-0.2, 0) is 9.53 Å². The average Bonchev–Trinajstić information content (AvgIpc) is 2.57. The predicted molar refractivity (Wildman–Crippen MR) is 89.2 cm³/mol. The zero-order valence-electron chi connectivity index (χ0n) is 14.2. The van der Waals surface area contributed by atoms with E-state index >= 15 is 0 Å². The number of amides is 2. The van der Waals surface area contributed by atoms with Gasteiger partial charge in [-0.25, -0.2) is 4.79 Å². The van der Waals surface area contributed by atoms with Crippen molar-refractivity contribution in [2.45, 2.75) is 45.6 Å². The zero-order chi connectivity index (χ0) is 16.8. The van der Waals surface area contributed by atoms with E-state index in [0.29, 0.717) is 13.0 Å². The first-order valence-electron chi connectivity index (χ1n) is 8.22. The monoisotopic (exact) mass is 318 g/mol. The van der Waals surface area contributed by atoms with Crippen LogP contribution in [0.5, 0.6) is 0 Å². The maximum Gasteiger partial charge on any atom is 0.406 e. The number of aryl methyl sites for hydroxylation is 1. The molecule has 0 aromatic heterocycles. The third kappa shape index (κ3) is 4.24. The lowest BCUT2D eigenvalue weighted by molar-refractivity contribution is -0.134. The van der Waals surface area contributed by atoms with Crippen molar-refractivity contribution in [2.75, 3.05) is 20.2 Å². The molecule has 0 bridgehead atoms. The molecule has 2 amide bonds. The van der Waals surface area contributed by atoms with Gasteiger partial charge in [0.05, 0.1) is 13.2 Å². The Balaban J connectivity index is 2.07. The number of likely N-dealkylation sites (tertiary alicyclic amines) is 1. The molecular weight excluding hydrogens is 292 g/mol. The summed E-state index contributed by atoms with van der Waals surface area (Å²) in [5.74, 6) is 0.0898. The number of alkyl carbamates (subject to hydrolysis) is 1. The Hall–Kier alpha value is -2.04. The van der Waals surface area contributed by atoms with Gasteiger partial charge in [0.15, 0.2) is 0 Å². The first kappa shape index (κ1) is 17.3. The highest BCUT2D eigenvalue weighted by Crippen LogP contribution is 2.33. The van der Waals surface area contributed by atoms with Gasteiger partial charge in [-0.3, -0.25) is 4.79 Å². The number of piperidine rings is 1. The van der Waals surface area contributed by atoms with Crippen LogP contribution in [0, 0.1) is 13.8 Å². The summed E-state index contributed by atoms with van der Waals surface area (Å²) in [6, 6.07) is 6.45. The molecule has 0 unspecified atom stereocenters. The van der Waals surface area contributed by atoms with E-state index in [1.165, 1.54) is 23.8 Å². The minimum Gasteiger partial charge on any atom is -0.453 e. The molecule has 23 heavy (non-hydrogen) atoms. The molecular formula is C18H26N2O3. The van der Waals surface area contributed by atoms with Crippen molar-refractivity contribution in [2.24, 2.45) is 0 Å². The van der Waals surface area contributed by atoms with Crippen molar-refractivity contribution < 1.29 is 14.3 Å². The Morgan fingerprint density at radius 1 is 1.30 bits per heavy atom. The fourth-order valence-electron chi connectivity index (χ4n) is 3.18. The van der Waals surface area contributed by atoms with Crippen molar-refractivity contribution in [1.29, 1.82) is 0 Å². The first-order valence-corrected chi connectivity index (χ1v) is 8.22. The molecule has 1 N–H and O–H groups in total. The van der Waals surface area contributed by atoms with Crippen molar-refractivity contribution in [3.05, 3.63) is 34.9 Å². The van der Waals surface area contributed by atoms with Crippen molar-refractivity contribution in [1.82, 2.24) is 10.2 Å². The van der Waals surface area contributed by atoms with Gasteiger partial charge in [-0.15, -0.1) is 0 Å². The predicted octanol–water partition coefficient (Wildman–Crippen LogP) is 3.10. The number of ether oxygens (including phenoxy) is 1. The number of methoxy groups -OCH3 is 1. The van der Waals surface area contributed by atoms with Crippen molar-refractivity contribution in [3.8, 4) is 0 Å². The summed E-state index contributed by atoms with van der Waals surface area (Å²) in [6.45, 7) is 5.32. The highest BCUT2D eigenvalue weighted by atomic mass is 16.5. The summed E-state index contributed by atoms with van der Waals surface area (Å²) in [7, 11) is 1.32. The Morgan fingerprint density at radius 3 is 2.83 bits per heavy atom. The van der Waals surface area contributed by atoms with Gasteiger partial charge in [0.2, 0.25) is 5.91 Å². The fraction of sp³-hybridized carbons (Fsp3) is 0.556. The summed E-state index contributed by atoms with van der Waals surface area (Å²) in [4.78, 5) is 25.6. The van der Waals surface area contributed by atoms with Gasteiger partial charge in [0.1, 0.15) is 0 Å². The minimum atomic E-state index is -0.498. The lowest BCUT2D eigenvalue weighted by Crippen LogP contribution is -2.40. The van der Waals surface area contributed by atoms with Crippen LogP contribution in [0.2, 0.25) is 0 Å². The maximum absolute atomic E-state index is 12.6. The quantitative estimate of drug-likeness (QED) is 0.928. The Kier molecular flexibility index (Phi) is 6.02. The molecule has 1 aliphatic rings. The van der Waals surface area contributed by atoms with E-state index in [9.17, 15) is 9.59 Å². The molecule has 0 radical (unpaired) electrons. The second kappa shape index (κ2) is 7.99. The Bertz CT molecular complexity index is 571. The number of rotatable bonds is 4.